The molecular weight excluding hydrogens is 375 g/mol. The standard InChI is InChI=1S/C19H16ClFN2O4/c20-14-6-11(2-3-15(14)21)23-19(25)13-7-12(13)18(24)22-8-10-1-4-16-17(5-10)27-9-26-16/h1-6,12-13H,7-9H2,(H,22,24)(H,23,25). The third kappa shape index (κ3) is 3.83. The monoisotopic (exact) mass is 390 g/mol. The lowest BCUT2D eigenvalue weighted by Gasteiger charge is -2.07. The van der Waals surface area contributed by atoms with E-state index in [1.165, 1.54) is 18.2 Å². The van der Waals surface area contributed by atoms with Crippen LogP contribution in [0.1, 0.15) is 12.0 Å². The van der Waals surface area contributed by atoms with Gasteiger partial charge in [0.1, 0.15) is 5.82 Å². The summed E-state index contributed by atoms with van der Waals surface area (Å²) in [6, 6.07) is 9.41. The molecule has 140 valence electrons. The van der Waals surface area contributed by atoms with Gasteiger partial charge in [-0.25, -0.2) is 4.39 Å². The van der Waals surface area contributed by atoms with Gasteiger partial charge in [0.15, 0.2) is 11.5 Å². The van der Waals surface area contributed by atoms with Crippen LogP contribution in [0.4, 0.5) is 10.1 Å². The highest BCUT2D eigenvalue weighted by Crippen LogP contribution is 2.40. The fourth-order valence-corrected chi connectivity index (χ4v) is 3.14. The zero-order valence-electron chi connectivity index (χ0n) is 14.1. The number of rotatable bonds is 5. The molecule has 2 atom stereocenters. The summed E-state index contributed by atoms with van der Waals surface area (Å²) >= 11 is 5.70. The van der Waals surface area contributed by atoms with Crippen LogP contribution >= 0.6 is 11.6 Å². The van der Waals surface area contributed by atoms with Crippen molar-refractivity contribution >= 4 is 29.1 Å². The molecule has 2 aliphatic rings. The Kier molecular flexibility index (Phi) is 4.61. The van der Waals surface area contributed by atoms with Gasteiger partial charge >= 0.3 is 0 Å². The molecule has 0 aromatic heterocycles. The molecule has 2 aromatic carbocycles. The van der Waals surface area contributed by atoms with E-state index in [1.54, 1.807) is 6.07 Å². The number of hydrogen-bond acceptors (Lipinski definition) is 4. The second kappa shape index (κ2) is 7.08. The molecule has 1 aliphatic carbocycles. The lowest BCUT2D eigenvalue weighted by molar-refractivity contribution is -0.125. The smallest absolute Gasteiger partial charge is 0.231 e. The molecule has 6 nitrogen and oxygen atoms in total. The predicted octanol–water partition coefficient (Wildman–Crippen LogP) is 3.10. The third-order valence-electron chi connectivity index (χ3n) is 4.55. The Morgan fingerprint density at radius 1 is 1.07 bits per heavy atom. The van der Waals surface area contributed by atoms with Crippen LogP contribution in [0.3, 0.4) is 0 Å². The number of fused-ring (bicyclic) bond motifs is 1. The Labute approximate surface area is 159 Å². The SMILES string of the molecule is O=C(NCc1ccc2c(c1)OCO2)C1CC1C(=O)Nc1ccc(F)c(Cl)c1. The van der Waals surface area contributed by atoms with E-state index in [4.69, 9.17) is 21.1 Å². The Bertz CT molecular complexity index is 921. The van der Waals surface area contributed by atoms with Crippen molar-refractivity contribution in [2.24, 2.45) is 11.8 Å². The molecule has 0 radical (unpaired) electrons. The Morgan fingerprint density at radius 3 is 2.67 bits per heavy atom. The van der Waals surface area contributed by atoms with Crippen molar-refractivity contribution in [1.29, 1.82) is 0 Å². The summed E-state index contributed by atoms with van der Waals surface area (Å²) < 4.78 is 23.7. The van der Waals surface area contributed by atoms with Crippen LogP contribution in [0, 0.1) is 17.7 Å². The topological polar surface area (TPSA) is 76.7 Å². The van der Waals surface area contributed by atoms with Crippen LogP contribution in [0.5, 0.6) is 11.5 Å². The summed E-state index contributed by atoms with van der Waals surface area (Å²) in [5.41, 5.74) is 1.29. The van der Waals surface area contributed by atoms with Crippen LogP contribution < -0.4 is 20.1 Å². The highest BCUT2D eigenvalue weighted by Gasteiger charge is 2.47. The summed E-state index contributed by atoms with van der Waals surface area (Å²) in [5, 5.41) is 5.42. The van der Waals surface area contributed by atoms with Crippen molar-refractivity contribution in [3.05, 3.63) is 52.8 Å². The maximum absolute atomic E-state index is 13.2. The number of benzene rings is 2. The number of halogens is 2. The van der Waals surface area contributed by atoms with E-state index < -0.39 is 11.7 Å². The molecule has 4 rings (SSSR count). The van der Waals surface area contributed by atoms with E-state index in [9.17, 15) is 14.0 Å². The summed E-state index contributed by atoms with van der Waals surface area (Å²) in [4.78, 5) is 24.5. The molecule has 1 fully saturated rings. The van der Waals surface area contributed by atoms with E-state index in [1.807, 2.05) is 12.1 Å². The fourth-order valence-electron chi connectivity index (χ4n) is 2.95. The van der Waals surface area contributed by atoms with Gasteiger partial charge in [-0.1, -0.05) is 17.7 Å². The second-order valence-corrected chi connectivity index (χ2v) is 6.88. The maximum Gasteiger partial charge on any atom is 0.231 e. The predicted molar refractivity (Wildman–Crippen MR) is 96.0 cm³/mol. The molecular formula is C19H16ClFN2O4. The Balaban J connectivity index is 1.28. The number of hydrogen-bond donors (Lipinski definition) is 2. The van der Waals surface area contributed by atoms with Crippen molar-refractivity contribution in [2.45, 2.75) is 13.0 Å². The van der Waals surface area contributed by atoms with Crippen LogP contribution in [0.15, 0.2) is 36.4 Å². The van der Waals surface area contributed by atoms with Gasteiger partial charge in [0, 0.05) is 12.2 Å². The number of ether oxygens (including phenoxy) is 2. The molecule has 2 N–H and O–H groups in total. The number of carbonyl (C=O) groups is 2. The van der Waals surface area contributed by atoms with E-state index in [0.717, 1.165) is 5.56 Å². The lowest BCUT2D eigenvalue weighted by atomic mass is 10.2. The molecule has 0 spiro atoms. The van der Waals surface area contributed by atoms with Gasteiger partial charge in [-0.15, -0.1) is 0 Å². The first kappa shape index (κ1) is 17.6. The van der Waals surface area contributed by atoms with E-state index in [-0.39, 0.29) is 29.5 Å². The molecule has 2 unspecified atom stereocenters. The van der Waals surface area contributed by atoms with Gasteiger partial charge in [0.25, 0.3) is 0 Å². The Hall–Kier alpha value is -2.80. The largest absolute Gasteiger partial charge is 0.454 e. The number of carbonyl (C=O) groups excluding carboxylic acids is 2. The molecule has 0 saturated heterocycles. The molecule has 1 saturated carbocycles. The highest BCUT2D eigenvalue weighted by atomic mass is 35.5. The van der Waals surface area contributed by atoms with Crippen LogP contribution in [-0.2, 0) is 16.1 Å². The van der Waals surface area contributed by atoms with Gasteiger partial charge in [0.05, 0.1) is 16.9 Å². The zero-order chi connectivity index (χ0) is 19.0. The molecule has 0 bridgehead atoms. The average molecular weight is 391 g/mol. The van der Waals surface area contributed by atoms with Gasteiger partial charge in [-0.05, 0) is 42.3 Å². The first-order valence-corrected chi connectivity index (χ1v) is 8.81. The molecule has 2 aromatic rings. The summed E-state index contributed by atoms with van der Waals surface area (Å²) in [5.74, 6) is -0.429. The third-order valence-corrected chi connectivity index (χ3v) is 4.84. The van der Waals surface area contributed by atoms with Crippen molar-refractivity contribution < 1.29 is 23.5 Å². The summed E-state index contributed by atoms with van der Waals surface area (Å²) in [7, 11) is 0. The minimum absolute atomic E-state index is 0.0679. The van der Waals surface area contributed by atoms with Crippen molar-refractivity contribution in [3.63, 3.8) is 0 Å². The zero-order valence-corrected chi connectivity index (χ0v) is 14.9. The lowest BCUT2D eigenvalue weighted by Crippen LogP contribution is -2.27. The van der Waals surface area contributed by atoms with E-state index in [2.05, 4.69) is 10.6 Å². The number of nitrogens with one attached hydrogen (secondary N) is 2. The molecule has 27 heavy (non-hydrogen) atoms. The van der Waals surface area contributed by atoms with E-state index >= 15 is 0 Å². The molecule has 1 aliphatic heterocycles. The molecule has 2 amide bonds. The van der Waals surface area contributed by atoms with Crippen LogP contribution in [0.25, 0.3) is 0 Å². The van der Waals surface area contributed by atoms with Gasteiger partial charge < -0.3 is 20.1 Å². The first-order chi connectivity index (χ1) is 13.0. The van der Waals surface area contributed by atoms with Crippen molar-refractivity contribution in [2.75, 3.05) is 12.1 Å². The number of anilines is 1. The minimum atomic E-state index is -0.554. The quantitative estimate of drug-likeness (QED) is 0.822. The molecule has 1 heterocycles. The summed E-state index contributed by atoms with van der Waals surface area (Å²) in [6.07, 6.45) is 0.480. The van der Waals surface area contributed by atoms with Crippen LogP contribution in [0.2, 0.25) is 5.02 Å². The van der Waals surface area contributed by atoms with Crippen LogP contribution in [-0.4, -0.2) is 18.6 Å². The molecule has 8 heteroatoms. The normalized spacial score (nSPS) is 19.5. The maximum atomic E-state index is 13.2. The van der Waals surface area contributed by atoms with Gasteiger partial charge in [-0.3, -0.25) is 9.59 Å². The highest BCUT2D eigenvalue weighted by molar-refractivity contribution is 6.31. The fraction of sp³-hybridized carbons (Fsp3) is 0.263. The van der Waals surface area contributed by atoms with Crippen molar-refractivity contribution in [1.82, 2.24) is 5.32 Å². The number of amides is 2. The summed E-state index contributed by atoms with van der Waals surface area (Å²) in [6.45, 7) is 0.539. The Morgan fingerprint density at radius 2 is 1.85 bits per heavy atom. The average Bonchev–Trinajstić information content (AvgIpc) is 3.33. The van der Waals surface area contributed by atoms with E-state index in [0.29, 0.717) is 30.2 Å². The van der Waals surface area contributed by atoms with Gasteiger partial charge in [-0.2, -0.15) is 0 Å². The minimum Gasteiger partial charge on any atom is -0.454 e. The van der Waals surface area contributed by atoms with Crippen molar-refractivity contribution in [3.8, 4) is 11.5 Å². The second-order valence-electron chi connectivity index (χ2n) is 6.47. The first-order valence-electron chi connectivity index (χ1n) is 8.43. The van der Waals surface area contributed by atoms with Gasteiger partial charge in [0.2, 0.25) is 18.6 Å².